The average molecular weight is 337 g/mol. The molecule has 0 aliphatic carbocycles. The second kappa shape index (κ2) is 6.55. The zero-order valence-corrected chi connectivity index (χ0v) is 13.8. The Labute approximate surface area is 128 Å². The molecule has 1 N–H and O–H groups in total. The molecule has 0 bridgehead atoms. The molecule has 1 aromatic heterocycles. The van der Waals surface area contributed by atoms with Crippen molar-refractivity contribution in [3.8, 4) is 0 Å². The smallest absolute Gasteiger partial charge is 0.0846 e. The Hall–Kier alpha value is -1.13. The van der Waals surface area contributed by atoms with Gasteiger partial charge in [0, 0.05) is 23.1 Å². The van der Waals surface area contributed by atoms with E-state index in [1.54, 1.807) is 0 Å². The highest BCUT2D eigenvalue weighted by molar-refractivity contribution is 9.10. The Morgan fingerprint density at radius 2 is 2.10 bits per heavy atom. The molecule has 0 fully saturated rings. The van der Waals surface area contributed by atoms with Crippen molar-refractivity contribution in [2.75, 3.05) is 0 Å². The number of nitrogens with zero attached hydrogens (tertiary/aromatic N) is 2. The molecule has 4 heteroatoms. The molecule has 2 rings (SSSR count). The summed E-state index contributed by atoms with van der Waals surface area (Å²) in [6, 6.07) is 8.34. The van der Waals surface area contributed by atoms with E-state index < -0.39 is 6.10 Å². The normalized spacial score (nSPS) is 14.2. The number of rotatable bonds is 5. The zero-order valence-electron chi connectivity index (χ0n) is 12.2. The molecule has 0 saturated heterocycles. The van der Waals surface area contributed by atoms with Crippen molar-refractivity contribution in [3.63, 3.8) is 0 Å². The van der Waals surface area contributed by atoms with Gasteiger partial charge in [0.1, 0.15) is 0 Å². The third-order valence-corrected chi connectivity index (χ3v) is 4.54. The number of hydrogen-bond acceptors (Lipinski definition) is 2. The van der Waals surface area contributed by atoms with Crippen LogP contribution in [0.4, 0.5) is 0 Å². The molecule has 108 valence electrons. The molecule has 0 spiro atoms. The molecule has 0 amide bonds. The molecule has 1 aromatic carbocycles. The van der Waals surface area contributed by atoms with E-state index in [1.807, 2.05) is 42.1 Å². The van der Waals surface area contributed by atoms with Gasteiger partial charge < -0.3 is 5.11 Å². The minimum atomic E-state index is -0.521. The molecule has 2 atom stereocenters. The first-order valence-electron chi connectivity index (χ1n) is 6.99. The van der Waals surface area contributed by atoms with Gasteiger partial charge >= 0.3 is 0 Å². The van der Waals surface area contributed by atoms with E-state index in [0.29, 0.717) is 12.5 Å². The number of benzene rings is 1. The molecule has 0 aliphatic rings. The van der Waals surface area contributed by atoms with Gasteiger partial charge in [-0.05, 0) is 43.5 Å². The van der Waals surface area contributed by atoms with Crippen LogP contribution >= 0.6 is 15.9 Å². The fourth-order valence-electron chi connectivity index (χ4n) is 2.05. The van der Waals surface area contributed by atoms with Crippen molar-refractivity contribution < 1.29 is 5.11 Å². The van der Waals surface area contributed by atoms with Gasteiger partial charge in [-0.3, -0.25) is 4.68 Å². The maximum absolute atomic E-state index is 10.3. The van der Waals surface area contributed by atoms with Gasteiger partial charge in [0.25, 0.3) is 0 Å². The Morgan fingerprint density at radius 3 is 2.75 bits per heavy atom. The number of aliphatic hydroxyl groups is 1. The van der Waals surface area contributed by atoms with Gasteiger partial charge in [0.05, 0.1) is 11.8 Å². The van der Waals surface area contributed by atoms with Crippen LogP contribution in [0.1, 0.15) is 49.2 Å². The first-order chi connectivity index (χ1) is 9.51. The van der Waals surface area contributed by atoms with E-state index >= 15 is 0 Å². The lowest BCUT2D eigenvalue weighted by Crippen LogP contribution is -2.07. The monoisotopic (exact) mass is 336 g/mol. The van der Waals surface area contributed by atoms with Gasteiger partial charge in [-0.15, -0.1) is 0 Å². The second-order valence-corrected chi connectivity index (χ2v) is 6.13. The molecule has 0 saturated carbocycles. The number of hydrogen-bond donors (Lipinski definition) is 1. The number of aryl methyl sites for hydroxylation is 1. The van der Waals surface area contributed by atoms with Crippen molar-refractivity contribution in [3.05, 3.63) is 51.8 Å². The summed E-state index contributed by atoms with van der Waals surface area (Å²) in [7, 11) is 0. The molecule has 20 heavy (non-hydrogen) atoms. The first kappa shape index (κ1) is 15.3. The Morgan fingerprint density at radius 1 is 1.35 bits per heavy atom. The third kappa shape index (κ3) is 3.49. The SMILES string of the molecule is CCC(C)n1ccc(CC(O)c2ccc(C)c(Br)c2)n1. The molecular formula is C16H21BrN2O. The highest BCUT2D eigenvalue weighted by atomic mass is 79.9. The van der Waals surface area contributed by atoms with E-state index in [2.05, 4.69) is 34.9 Å². The molecule has 2 unspecified atom stereocenters. The van der Waals surface area contributed by atoms with E-state index in [9.17, 15) is 5.11 Å². The van der Waals surface area contributed by atoms with E-state index in [1.165, 1.54) is 5.56 Å². The summed E-state index contributed by atoms with van der Waals surface area (Å²) in [5, 5.41) is 14.9. The summed E-state index contributed by atoms with van der Waals surface area (Å²) in [5.41, 5.74) is 3.01. The molecule has 0 aliphatic heterocycles. The summed E-state index contributed by atoms with van der Waals surface area (Å²) < 4.78 is 2.99. The Bertz CT molecular complexity index is 580. The lowest BCUT2D eigenvalue weighted by atomic mass is 10.0. The average Bonchev–Trinajstić information content (AvgIpc) is 2.89. The quantitative estimate of drug-likeness (QED) is 0.888. The van der Waals surface area contributed by atoms with Gasteiger partial charge in [-0.2, -0.15) is 5.10 Å². The molecule has 2 aromatic rings. The van der Waals surface area contributed by atoms with Gasteiger partial charge in [0.2, 0.25) is 0 Å². The minimum absolute atomic E-state index is 0.398. The number of halogens is 1. The summed E-state index contributed by atoms with van der Waals surface area (Å²) in [6.07, 6.45) is 3.06. The third-order valence-electron chi connectivity index (χ3n) is 3.69. The van der Waals surface area contributed by atoms with Gasteiger partial charge in [-0.25, -0.2) is 0 Å². The Balaban J connectivity index is 2.09. The lowest BCUT2D eigenvalue weighted by Gasteiger charge is -2.11. The molecule has 3 nitrogen and oxygen atoms in total. The van der Waals surface area contributed by atoms with E-state index in [-0.39, 0.29) is 0 Å². The fourth-order valence-corrected chi connectivity index (χ4v) is 2.45. The Kier molecular flexibility index (Phi) is 5.00. The van der Waals surface area contributed by atoms with Crippen LogP contribution in [0, 0.1) is 6.92 Å². The van der Waals surface area contributed by atoms with Crippen LogP contribution in [-0.2, 0) is 6.42 Å². The van der Waals surface area contributed by atoms with Crippen molar-refractivity contribution in [1.82, 2.24) is 9.78 Å². The van der Waals surface area contributed by atoms with Crippen molar-refractivity contribution in [1.29, 1.82) is 0 Å². The predicted molar refractivity (Wildman–Crippen MR) is 84.8 cm³/mol. The first-order valence-corrected chi connectivity index (χ1v) is 7.78. The van der Waals surface area contributed by atoms with Crippen molar-refractivity contribution >= 4 is 15.9 Å². The van der Waals surface area contributed by atoms with Crippen LogP contribution in [0.3, 0.4) is 0 Å². The van der Waals surface area contributed by atoms with E-state index in [4.69, 9.17) is 0 Å². The summed E-state index contributed by atoms with van der Waals surface area (Å²) in [6.45, 7) is 6.32. The largest absolute Gasteiger partial charge is 0.388 e. The maximum atomic E-state index is 10.3. The molecule has 0 radical (unpaired) electrons. The minimum Gasteiger partial charge on any atom is -0.388 e. The predicted octanol–water partition coefficient (Wildman–Crippen LogP) is 4.20. The van der Waals surface area contributed by atoms with Gasteiger partial charge in [0.15, 0.2) is 0 Å². The van der Waals surface area contributed by atoms with Crippen LogP contribution in [-0.4, -0.2) is 14.9 Å². The number of aliphatic hydroxyl groups excluding tert-OH is 1. The fraction of sp³-hybridized carbons (Fsp3) is 0.438. The van der Waals surface area contributed by atoms with Crippen molar-refractivity contribution in [2.45, 2.75) is 45.8 Å². The van der Waals surface area contributed by atoms with Crippen LogP contribution < -0.4 is 0 Å². The van der Waals surface area contributed by atoms with Crippen LogP contribution in [0.25, 0.3) is 0 Å². The zero-order chi connectivity index (χ0) is 14.7. The van der Waals surface area contributed by atoms with Gasteiger partial charge in [-0.1, -0.05) is 35.0 Å². The molecular weight excluding hydrogens is 316 g/mol. The highest BCUT2D eigenvalue weighted by Crippen LogP contribution is 2.24. The topological polar surface area (TPSA) is 38.0 Å². The van der Waals surface area contributed by atoms with Crippen molar-refractivity contribution in [2.24, 2.45) is 0 Å². The number of aromatic nitrogens is 2. The van der Waals surface area contributed by atoms with Crippen LogP contribution in [0.2, 0.25) is 0 Å². The summed E-state index contributed by atoms with van der Waals surface area (Å²) in [5.74, 6) is 0. The summed E-state index contributed by atoms with van der Waals surface area (Å²) in [4.78, 5) is 0. The highest BCUT2D eigenvalue weighted by Gasteiger charge is 2.12. The molecule has 1 heterocycles. The summed E-state index contributed by atoms with van der Waals surface area (Å²) >= 11 is 3.50. The second-order valence-electron chi connectivity index (χ2n) is 5.27. The lowest BCUT2D eigenvalue weighted by molar-refractivity contribution is 0.176. The maximum Gasteiger partial charge on any atom is 0.0846 e. The van der Waals surface area contributed by atoms with E-state index in [0.717, 1.165) is 22.2 Å². The van der Waals surface area contributed by atoms with Crippen LogP contribution in [0.5, 0.6) is 0 Å². The standard InChI is InChI=1S/C16H21BrN2O/c1-4-12(3)19-8-7-14(18-19)10-16(20)13-6-5-11(2)15(17)9-13/h5-9,12,16,20H,4,10H2,1-3H3. The van der Waals surface area contributed by atoms with Crippen LogP contribution in [0.15, 0.2) is 34.9 Å².